The first-order valence-electron chi connectivity index (χ1n) is 7.92. The number of hydrogen-bond donors (Lipinski definition) is 2. The van der Waals surface area contributed by atoms with Crippen molar-refractivity contribution in [1.82, 2.24) is 25.4 Å². The van der Waals surface area contributed by atoms with Crippen LogP contribution in [0, 0.1) is 5.92 Å². The van der Waals surface area contributed by atoms with Crippen LogP contribution in [0.1, 0.15) is 37.6 Å². The van der Waals surface area contributed by atoms with Crippen LogP contribution in [0.5, 0.6) is 0 Å². The van der Waals surface area contributed by atoms with Crippen LogP contribution in [0.4, 0.5) is 0 Å². The summed E-state index contributed by atoms with van der Waals surface area (Å²) in [4.78, 5) is 16.5. The van der Waals surface area contributed by atoms with Gasteiger partial charge in [-0.25, -0.2) is 9.67 Å². The van der Waals surface area contributed by atoms with E-state index in [0.717, 1.165) is 37.1 Å². The minimum atomic E-state index is -0.0932. The van der Waals surface area contributed by atoms with Crippen molar-refractivity contribution >= 4 is 41.8 Å². The smallest absolute Gasteiger partial charge is 0.252 e. The van der Waals surface area contributed by atoms with Crippen molar-refractivity contribution < 1.29 is 4.79 Å². The Bertz CT molecular complexity index is 630. The second-order valence-corrected chi connectivity index (χ2v) is 5.86. The molecule has 0 aliphatic heterocycles. The predicted octanol–water partition coefficient (Wildman–Crippen LogP) is 2.66. The zero-order valence-electron chi connectivity index (χ0n) is 14.4. The number of amides is 1. The number of nitrogens with zero attached hydrogens (tertiary/aromatic N) is 3. The molecule has 0 aliphatic rings. The molecule has 0 saturated carbocycles. The van der Waals surface area contributed by atoms with Crippen LogP contribution in [-0.4, -0.2) is 40.3 Å². The molecule has 0 saturated heterocycles. The lowest BCUT2D eigenvalue weighted by Gasteiger charge is -2.07. The second kappa shape index (κ2) is 11.2. The summed E-state index contributed by atoms with van der Waals surface area (Å²) in [6.45, 7) is 9.59. The average molecular weight is 376 g/mol. The van der Waals surface area contributed by atoms with E-state index in [1.807, 2.05) is 10.7 Å². The topological polar surface area (TPSA) is 71.8 Å². The number of rotatable bonds is 8. The minimum Gasteiger partial charge on any atom is -0.351 e. The lowest BCUT2D eigenvalue weighted by atomic mass is 10.2. The number of halogens is 2. The molecule has 2 heterocycles. The van der Waals surface area contributed by atoms with Gasteiger partial charge < -0.3 is 10.6 Å². The van der Waals surface area contributed by atoms with Gasteiger partial charge in [-0.05, 0) is 24.9 Å². The van der Waals surface area contributed by atoms with E-state index >= 15 is 0 Å². The summed E-state index contributed by atoms with van der Waals surface area (Å²) in [5, 5.41) is 11.4. The molecule has 0 aromatic carbocycles. The molecule has 8 heteroatoms. The summed E-state index contributed by atoms with van der Waals surface area (Å²) < 4.78 is 1.89. The molecule has 0 bridgehead atoms. The molecular weight excluding hydrogens is 349 g/mol. The number of nitrogens with one attached hydrogen (secondary N) is 2. The lowest BCUT2D eigenvalue weighted by molar-refractivity contribution is 0.0953. The molecule has 0 atom stereocenters. The maximum Gasteiger partial charge on any atom is 0.252 e. The number of pyridine rings is 1. The summed E-state index contributed by atoms with van der Waals surface area (Å²) in [5.41, 5.74) is 1.40. The summed E-state index contributed by atoms with van der Waals surface area (Å²) >= 11 is 0. The molecule has 2 rings (SSSR count). The molecule has 0 radical (unpaired) electrons. The standard InChI is InChI=1S/C16H25N5O.2ClH/c1-4-5-17-6-7-18-16(22)14-8-13-10-20-21(11-12(2)3)15(13)19-9-14;;/h8-10,12,17H,4-7,11H2,1-3H3,(H,18,22);2*1H. The fraction of sp³-hybridized carbons (Fsp3) is 0.562. The first-order chi connectivity index (χ1) is 10.6. The molecule has 24 heavy (non-hydrogen) atoms. The van der Waals surface area contributed by atoms with Crippen LogP contribution in [0.3, 0.4) is 0 Å². The molecule has 1 amide bonds. The summed E-state index contributed by atoms with van der Waals surface area (Å²) in [6, 6.07) is 1.85. The van der Waals surface area contributed by atoms with Gasteiger partial charge in [-0.1, -0.05) is 20.8 Å². The van der Waals surface area contributed by atoms with Crippen molar-refractivity contribution in [3.05, 3.63) is 24.0 Å². The number of carbonyl (C=O) groups is 1. The molecular formula is C16H27Cl2N5O. The van der Waals surface area contributed by atoms with Gasteiger partial charge in [-0.15, -0.1) is 24.8 Å². The van der Waals surface area contributed by atoms with Crippen molar-refractivity contribution in [3.63, 3.8) is 0 Å². The van der Waals surface area contributed by atoms with E-state index < -0.39 is 0 Å². The van der Waals surface area contributed by atoms with Crippen molar-refractivity contribution in [1.29, 1.82) is 0 Å². The van der Waals surface area contributed by atoms with Crippen molar-refractivity contribution in [2.45, 2.75) is 33.7 Å². The predicted molar refractivity (Wildman–Crippen MR) is 102 cm³/mol. The van der Waals surface area contributed by atoms with Gasteiger partial charge in [0.25, 0.3) is 5.91 Å². The Balaban J connectivity index is 0.00000264. The quantitative estimate of drug-likeness (QED) is 0.695. The van der Waals surface area contributed by atoms with E-state index in [1.165, 1.54) is 0 Å². The van der Waals surface area contributed by atoms with Gasteiger partial charge >= 0.3 is 0 Å². The van der Waals surface area contributed by atoms with Crippen LogP contribution in [0.25, 0.3) is 11.0 Å². The summed E-state index contributed by atoms with van der Waals surface area (Å²) in [7, 11) is 0. The van der Waals surface area contributed by atoms with Gasteiger partial charge in [-0.2, -0.15) is 5.10 Å². The Hall–Kier alpha value is -1.37. The van der Waals surface area contributed by atoms with Crippen molar-refractivity contribution in [3.8, 4) is 0 Å². The average Bonchev–Trinajstić information content (AvgIpc) is 2.88. The normalized spacial score (nSPS) is 10.3. The summed E-state index contributed by atoms with van der Waals surface area (Å²) in [5.74, 6) is 0.410. The van der Waals surface area contributed by atoms with Gasteiger partial charge in [0.2, 0.25) is 0 Å². The van der Waals surface area contributed by atoms with Crippen LogP contribution in [0.2, 0.25) is 0 Å². The van der Waals surface area contributed by atoms with Crippen LogP contribution in [-0.2, 0) is 6.54 Å². The molecule has 2 N–H and O–H groups in total. The third kappa shape index (κ3) is 6.26. The highest BCUT2D eigenvalue weighted by Gasteiger charge is 2.10. The fourth-order valence-corrected chi connectivity index (χ4v) is 2.24. The highest BCUT2D eigenvalue weighted by atomic mass is 35.5. The van der Waals surface area contributed by atoms with Gasteiger partial charge in [0.15, 0.2) is 5.65 Å². The Morgan fingerprint density at radius 2 is 1.96 bits per heavy atom. The third-order valence-electron chi connectivity index (χ3n) is 3.29. The molecule has 136 valence electrons. The number of hydrogen-bond acceptors (Lipinski definition) is 4. The maximum atomic E-state index is 12.1. The second-order valence-electron chi connectivity index (χ2n) is 5.86. The zero-order chi connectivity index (χ0) is 15.9. The SMILES string of the molecule is CCCNCCNC(=O)c1cnc2c(cnn2CC(C)C)c1.Cl.Cl. The first-order valence-corrected chi connectivity index (χ1v) is 7.92. The molecule has 0 spiro atoms. The molecule has 2 aromatic rings. The van der Waals surface area contributed by atoms with Gasteiger partial charge in [0.1, 0.15) is 0 Å². The number of fused-ring (bicyclic) bond motifs is 1. The largest absolute Gasteiger partial charge is 0.351 e. The van der Waals surface area contributed by atoms with Crippen molar-refractivity contribution in [2.75, 3.05) is 19.6 Å². The first kappa shape index (κ1) is 22.6. The Kier molecular flexibility index (Phi) is 10.6. The third-order valence-corrected chi connectivity index (χ3v) is 3.29. The Morgan fingerprint density at radius 3 is 2.62 bits per heavy atom. The van der Waals surface area contributed by atoms with E-state index in [1.54, 1.807) is 12.4 Å². The highest BCUT2D eigenvalue weighted by molar-refractivity contribution is 5.96. The Morgan fingerprint density at radius 1 is 1.21 bits per heavy atom. The van der Waals surface area contributed by atoms with Gasteiger partial charge in [0.05, 0.1) is 11.8 Å². The number of aromatic nitrogens is 3. The van der Waals surface area contributed by atoms with E-state index in [2.05, 4.69) is 41.5 Å². The maximum absolute atomic E-state index is 12.1. The molecule has 6 nitrogen and oxygen atoms in total. The fourth-order valence-electron chi connectivity index (χ4n) is 2.24. The van der Waals surface area contributed by atoms with E-state index in [4.69, 9.17) is 0 Å². The van der Waals surface area contributed by atoms with Crippen LogP contribution in [0.15, 0.2) is 18.5 Å². The van der Waals surface area contributed by atoms with Gasteiger partial charge in [-0.3, -0.25) is 4.79 Å². The van der Waals surface area contributed by atoms with E-state index in [-0.39, 0.29) is 30.7 Å². The monoisotopic (exact) mass is 375 g/mol. The van der Waals surface area contributed by atoms with Gasteiger partial charge in [0, 0.05) is 31.2 Å². The molecule has 2 aromatic heterocycles. The zero-order valence-corrected chi connectivity index (χ0v) is 16.0. The van der Waals surface area contributed by atoms with Crippen LogP contribution >= 0.6 is 24.8 Å². The minimum absolute atomic E-state index is 0. The molecule has 0 aliphatic carbocycles. The number of carbonyl (C=O) groups excluding carboxylic acids is 1. The molecule has 0 fully saturated rings. The Labute approximate surface area is 155 Å². The summed E-state index contributed by atoms with van der Waals surface area (Å²) in [6.07, 6.45) is 4.48. The highest BCUT2D eigenvalue weighted by Crippen LogP contribution is 2.14. The van der Waals surface area contributed by atoms with Crippen LogP contribution < -0.4 is 10.6 Å². The lowest BCUT2D eigenvalue weighted by Crippen LogP contribution is -2.32. The van der Waals surface area contributed by atoms with E-state index in [0.29, 0.717) is 18.0 Å². The molecule has 0 unspecified atom stereocenters. The van der Waals surface area contributed by atoms with Crippen molar-refractivity contribution in [2.24, 2.45) is 5.92 Å². The van der Waals surface area contributed by atoms with E-state index in [9.17, 15) is 4.79 Å².